The molecule has 6 rings (SSSR count). The molecule has 0 radical (unpaired) electrons. The number of nitriles is 1. The Bertz CT molecular complexity index is 1900. The Kier molecular flexibility index (Phi) is 7.07. The van der Waals surface area contributed by atoms with Crippen LogP contribution in [-0.2, 0) is 6.61 Å². The highest BCUT2D eigenvalue weighted by molar-refractivity contribution is 6.32. The number of benzene rings is 4. The summed E-state index contributed by atoms with van der Waals surface area (Å²) in [5.41, 5.74) is 11.1. The monoisotopic (exact) mass is 576 g/mol. The molecule has 0 saturated carbocycles. The Labute approximate surface area is 247 Å². The molecule has 42 heavy (non-hydrogen) atoms. The predicted octanol–water partition coefficient (Wildman–Crippen LogP) is 7.72. The number of furan rings is 1. The molecule has 0 aliphatic carbocycles. The van der Waals surface area contributed by atoms with Crippen LogP contribution in [0.4, 0.5) is 0 Å². The Morgan fingerprint density at radius 2 is 1.74 bits per heavy atom. The van der Waals surface area contributed by atoms with E-state index in [9.17, 15) is 10.1 Å². The second kappa shape index (κ2) is 11.0. The van der Waals surface area contributed by atoms with E-state index in [0.717, 1.165) is 22.1 Å². The molecule has 208 valence electrons. The summed E-state index contributed by atoms with van der Waals surface area (Å²) in [7, 11) is 0. The standard InChI is InChI=1S/C34H25ClN2O5/c1-19-14-29-26(16-28(19)35)20(2)32(41-29)34(38)40-24-12-13-25-30(15-24)42-33(37)27(17-36)31(25)22-8-10-23(11-9-22)39-18-21-6-4-3-5-7-21/h3-16,31H,18,37H2,1-2H3. The number of hydrogen-bond acceptors (Lipinski definition) is 7. The lowest BCUT2D eigenvalue weighted by molar-refractivity contribution is 0.0702. The molecule has 0 amide bonds. The molecule has 1 aromatic heterocycles. The first-order valence-corrected chi connectivity index (χ1v) is 13.6. The highest BCUT2D eigenvalue weighted by Crippen LogP contribution is 2.44. The number of carbonyl (C=O) groups is 1. The summed E-state index contributed by atoms with van der Waals surface area (Å²) in [6, 6.07) is 28.2. The van der Waals surface area contributed by atoms with Gasteiger partial charge in [-0.2, -0.15) is 5.26 Å². The number of nitrogens with zero attached hydrogens (tertiary/aromatic N) is 1. The van der Waals surface area contributed by atoms with Crippen molar-refractivity contribution in [2.24, 2.45) is 5.73 Å². The number of hydrogen-bond donors (Lipinski definition) is 1. The number of fused-ring (bicyclic) bond motifs is 2. The Hall–Kier alpha value is -5.19. The van der Waals surface area contributed by atoms with Crippen LogP contribution in [0.2, 0.25) is 5.02 Å². The van der Waals surface area contributed by atoms with Crippen molar-refractivity contribution in [3.8, 4) is 23.3 Å². The van der Waals surface area contributed by atoms with Crippen LogP contribution < -0.4 is 19.9 Å². The number of halogens is 1. The third-order valence-electron chi connectivity index (χ3n) is 7.27. The van der Waals surface area contributed by atoms with Gasteiger partial charge in [0.1, 0.15) is 41.1 Å². The van der Waals surface area contributed by atoms with Crippen molar-refractivity contribution in [3.63, 3.8) is 0 Å². The van der Waals surface area contributed by atoms with Gasteiger partial charge >= 0.3 is 5.97 Å². The molecule has 7 nitrogen and oxygen atoms in total. The molecule has 4 aromatic carbocycles. The number of allylic oxidation sites excluding steroid dienone is 1. The molecule has 5 aromatic rings. The maximum absolute atomic E-state index is 13.1. The van der Waals surface area contributed by atoms with Crippen LogP contribution in [0, 0.1) is 25.2 Å². The van der Waals surface area contributed by atoms with E-state index in [4.69, 9.17) is 36.0 Å². The van der Waals surface area contributed by atoms with Gasteiger partial charge in [-0.15, -0.1) is 0 Å². The SMILES string of the molecule is Cc1cc2oc(C(=O)Oc3ccc4c(c3)OC(N)=C(C#N)C4c3ccc(OCc4ccccc4)cc3)c(C)c2cc1Cl. The highest BCUT2D eigenvalue weighted by Gasteiger charge is 2.31. The third kappa shape index (κ3) is 5.05. The van der Waals surface area contributed by atoms with E-state index < -0.39 is 11.9 Å². The average molecular weight is 577 g/mol. The molecule has 0 bridgehead atoms. The summed E-state index contributed by atoms with van der Waals surface area (Å²) >= 11 is 6.27. The minimum Gasteiger partial charge on any atom is -0.489 e. The lowest BCUT2D eigenvalue weighted by Crippen LogP contribution is -2.21. The van der Waals surface area contributed by atoms with Gasteiger partial charge in [0.05, 0.1) is 5.92 Å². The molecule has 0 fully saturated rings. The van der Waals surface area contributed by atoms with E-state index in [1.54, 1.807) is 37.3 Å². The maximum atomic E-state index is 13.1. The van der Waals surface area contributed by atoms with Gasteiger partial charge in [-0.3, -0.25) is 0 Å². The first kappa shape index (κ1) is 27.0. The summed E-state index contributed by atoms with van der Waals surface area (Å²) in [6.07, 6.45) is 0. The van der Waals surface area contributed by atoms with Crippen molar-refractivity contribution >= 4 is 28.5 Å². The summed E-state index contributed by atoms with van der Waals surface area (Å²) in [4.78, 5) is 13.1. The van der Waals surface area contributed by atoms with Gasteiger partial charge in [-0.1, -0.05) is 60.1 Å². The van der Waals surface area contributed by atoms with Crippen LogP contribution in [0.3, 0.4) is 0 Å². The zero-order chi connectivity index (χ0) is 29.4. The van der Waals surface area contributed by atoms with Crippen molar-refractivity contribution in [3.05, 3.63) is 135 Å². The molecule has 1 aliphatic heterocycles. The van der Waals surface area contributed by atoms with E-state index in [-0.39, 0.29) is 23.0 Å². The van der Waals surface area contributed by atoms with Crippen molar-refractivity contribution in [1.82, 2.24) is 0 Å². The summed E-state index contributed by atoms with van der Waals surface area (Å²) < 4.78 is 23.2. The maximum Gasteiger partial charge on any atom is 0.379 e. The van der Waals surface area contributed by atoms with Gasteiger partial charge in [-0.25, -0.2) is 4.79 Å². The second-order valence-corrected chi connectivity index (χ2v) is 10.4. The van der Waals surface area contributed by atoms with Crippen LogP contribution in [0.15, 0.2) is 101 Å². The molecule has 1 unspecified atom stereocenters. The van der Waals surface area contributed by atoms with E-state index in [2.05, 4.69) is 6.07 Å². The summed E-state index contributed by atoms with van der Waals surface area (Å²) in [6.45, 7) is 4.09. The minimum atomic E-state index is -0.655. The normalized spacial score (nSPS) is 14.2. The molecule has 8 heteroatoms. The number of nitrogens with two attached hydrogens (primary N) is 1. The zero-order valence-electron chi connectivity index (χ0n) is 22.8. The van der Waals surface area contributed by atoms with Crippen LogP contribution in [0.25, 0.3) is 11.0 Å². The van der Waals surface area contributed by atoms with Gasteiger partial charge in [0.25, 0.3) is 0 Å². The van der Waals surface area contributed by atoms with E-state index in [1.165, 1.54) is 0 Å². The number of rotatable bonds is 6. The molecule has 2 heterocycles. The molecule has 1 atom stereocenters. The lowest BCUT2D eigenvalue weighted by atomic mass is 9.83. The van der Waals surface area contributed by atoms with Crippen molar-refractivity contribution in [2.45, 2.75) is 26.4 Å². The van der Waals surface area contributed by atoms with E-state index in [0.29, 0.717) is 39.8 Å². The fraction of sp³-hybridized carbons (Fsp3) is 0.118. The predicted molar refractivity (Wildman–Crippen MR) is 159 cm³/mol. The second-order valence-electron chi connectivity index (χ2n) is 10.0. The van der Waals surface area contributed by atoms with E-state index >= 15 is 0 Å². The quantitative estimate of drug-likeness (QED) is 0.163. The average Bonchev–Trinajstić information content (AvgIpc) is 3.31. The highest BCUT2D eigenvalue weighted by atomic mass is 35.5. The largest absolute Gasteiger partial charge is 0.489 e. The lowest BCUT2D eigenvalue weighted by Gasteiger charge is -2.26. The number of carbonyl (C=O) groups excluding carboxylic acids is 1. The van der Waals surface area contributed by atoms with Gasteiger partial charge < -0.3 is 24.4 Å². The number of esters is 1. The van der Waals surface area contributed by atoms with Crippen LogP contribution >= 0.6 is 11.6 Å². The van der Waals surface area contributed by atoms with Gasteiger partial charge in [0.15, 0.2) is 0 Å². The molecule has 0 spiro atoms. The van der Waals surface area contributed by atoms with Crippen molar-refractivity contribution in [2.75, 3.05) is 0 Å². The minimum absolute atomic E-state index is 0.0109. The van der Waals surface area contributed by atoms with Crippen LogP contribution in [-0.4, -0.2) is 5.97 Å². The van der Waals surface area contributed by atoms with Gasteiger partial charge in [0, 0.05) is 27.6 Å². The van der Waals surface area contributed by atoms with E-state index in [1.807, 2.05) is 61.5 Å². The number of aryl methyl sites for hydroxylation is 2. The zero-order valence-corrected chi connectivity index (χ0v) is 23.6. The first-order chi connectivity index (χ1) is 20.3. The number of ether oxygens (including phenoxy) is 3. The summed E-state index contributed by atoms with van der Waals surface area (Å²) in [5.74, 6) is 0.270. The first-order valence-electron chi connectivity index (χ1n) is 13.2. The Balaban J connectivity index is 1.25. The van der Waals surface area contributed by atoms with Crippen molar-refractivity contribution < 1.29 is 23.4 Å². The van der Waals surface area contributed by atoms with Gasteiger partial charge in [0.2, 0.25) is 11.6 Å². The molecule has 0 saturated heterocycles. The fourth-order valence-corrected chi connectivity index (χ4v) is 5.19. The van der Waals surface area contributed by atoms with Gasteiger partial charge in [-0.05, 0) is 60.9 Å². The summed E-state index contributed by atoms with van der Waals surface area (Å²) in [5, 5.41) is 11.3. The van der Waals surface area contributed by atoms with Crippen molar-refractivity contribution in [1.29, 1.82) is 5.26 Å². The molecular formula is C34H25ClN2O5. The van der Waals surface area contributed by atoms with Crippen LogP contribution in [0.1, 0.15) is 44.3 Å². The molecular weight excluding hydrogens is 552 g/mol. The molecule has 1 aliphatic rings. The fourth-order valence-electron chi connectivity index (χ4n) is 5.03. The third-order valence-corrected chi connectivity index (χ3v) is 7.67. The Morgan fingerprint density at radius 1 is 1.00 bits per heavy atom. The molecule has 2 N–H and O–H groups in total. The van der Waals surface area contributed by atoms with Crippen LogP contribution in [0.5, 0.6) is 17.2 Å². The topological polar surface area (TPSA) is 108 Å². The smallest absolute Gasteiger partial charge is 0.379 e. The Morgan fingerprint density at radius 3 is 2.48 bits per heavy atom.